The molecular formula is C14H21N5O2. The van der Waals surface area contributed by atoms with E-state index in [1.165, 1.54) is 0 Å². The Bertz CT molecular complexity index is 541. The topological polar surface area (TPSA) is 82.2 Å². The van der Waals surface area contributed by atoms with Crippen LogP contribution in [-0.4, -0.2) is 63.0 Å². The third-order valence-electron chi connectivity index (χ3n) is 4.25. The maximum atomic E-state index is 12.4. The van der Waals surface area contributed by atoms with Gasteiger partial charge in [0, 0.05) is 32.0 Å². The molecule has 7 nitrogen and oxygen atoms in total. The lowest BCUT2D eigenvalue weighted by Gasteiger charge is -2.32. The number of aromatic amines is 1. The molecule has 2 amide bonds. The highest BCUT2D eigenvalue weighted by atomic mass is 16.2. The van der Waals surface area contributed by atoms with E-state index in [-0.39, 0.29) is 24.3 Å². The third kappa shape index (κ3) is 3.06. The second kappa shape index (κ2) is 5.83. The van der Waals surface area contributed by atoms with Crippen molar-refractivity contribution in [3.63, 3.8) is 0 Å². The third-order valence-corrected chi connectivity index (χ3v) is 4.25. The summed E-state index contributed by atoms with van der Waals surface area (Å²) in [6.45, 7) is 4.22. The lowest BCUT2D eigenvalue weighted by Crippen LogP contribution is -2.45. The first-order chi connectivity index (χ1) is 10.1. The molecule has 1 N–H and O–H groups in total. The number of H-pyrrole nitrogens is 1. The molecular weight excluding hydrogens is 270 g/mol. The number of hydrogen-bond donors (Lipinski definition) is 1. The van der Waals surface area contributed by atoms with Crippen LogP contribution < -0.4 is 0 Å². The number of carbonyl (C=O) groups excluding carboxylic acids is 2. The van der Waals surface area contributed by atoms with Gasteiger partial charge in [-0.1, -0.05) is 0 Å². The highest BCUT2D eigenvalue weighted by Gasteiger charge is 2.29. The molecule has 0 radical (unpaired) electrons. The predicted molar refractivity (Wildman–Crippen MR) is 75.5 cm³/mol. The van der Waals surface area contributed by atoms with Gasteiger partial charge in [-0.25, -0.2) is 4.98 Å². The number of amides is 2. The Balaban J connectivity index is 1.60. The molecule has 3 rings (SSSR count). The molecule has 0 spiro atoms. The van der Waals surface area contributed by atoms with E-state index in [0.717, 1.165) is 37.5 Å². The summed E-state index contributed by atoms with van der Waals surface area (Å²) in [6.07, 6.45) is 3.40. The number of aryl methyl sites for hydroxylation is 1. The molecule has 2 saturated heterocycles. The van der Waals surface area contributed by atoms with Crippen LogP contribution in [0.3, 0.4) is 0 Å². The molecule has 114 valence electrons. The summed E-state index contributed by atoms with van der Waals surface area (Å²) in [5, 5.41) is 7.07. The molecule has 1 aromatic rings. The molecule has 0 unspecified atom stereocenters. The molecule has 0 saturated carbocycles. The Kier molecular flexibility index (Phi) is 3.90. The van der Waals surface area contributed by atoms with Crippen LogP contribution in [-0.2, 0) is 9.59 Å². The van der Waals surface area contributed by atoms with Gasteiger partial charge < -0.3 is 9.80 Å². The second-order valence-corrected chi connectivity index (χ2v) is 5.88. The Morgan fingerprint density at radius 1 is 1.38 bits per heavy atom. The van der Waals surface area contributed by atoms with Crippen LogP contribution in [0.1, 0.15) is 43.3 Å². The van der Waals surface area contributed by atoms with Gasteiger partial charge in [0.05, 0.1) is 6.54 Å². The number of carbonyl (C=O) groups is 2. The van der Waals surface area contributed by atoms with Gasteiger partial charge >= 0.3 is 0 Å². The van der Waals surface area contributed by atoms with Gasteiger partial charge in [-0.05, 0) is 26.2 Å². The zero-order valence-corrected chi connectivity index (χ0v) is 12.3. The number of hydrogen-bond acceptors (Lipinski definition) is 4. The summed E-state index contributed by atoms with van der Waals surface area (Å²) in [5.41, 5.74) is 0. The van der Waals surface area contributed by atoms with Gasteiger partial charge in [-0.2, -0.15) is 5.10 Å². The lowest BCUT2D eigenvalue weighted by molar-refractivity contribution is -0.139. The zero-order valence-electron chi connectivity index (χ0n) is 12.3. The van der Waals surface area contributed by atoms with E-state index >= 15 is 0 Å². The Hall–Kier alpha value is -1.92. The van der Waals surface area contributed by atoms with Crippen molar-refractivity contribution in [2.45, 2.75) is 38.5 Å². The number of likely N-dealkylation sites (tertiary alicyclic amines) is 2. The van der Waals surface area contributed by atoms with Gasteiger partial charge in [-0.3, -0.25) is 14.7 Å². The summed E-state index contributed by atoms with van der Waals surface area (Å²) in [7, 11) is 0. The van der Waals surface area contributed by atoms with Crippen molar-refractivity contribution in [2.24, 2.45) is 0 Å². The quantitative estimate of drug-likeness (QED) is 0.876. The SMILES string of the molecule is Cc1nc([C@H]2CCCN(C(=O)CN3CCCC3=O)C2)n[nH]1. The van der Waals surface area contributed by atoms with Crippen molar-refractivity contribution >= 4 is 11.8 Å². The van der Waals surface area contributed by atoms with Gasteiger partial charge in [0.15, 0.2) is 5.82 Å². The molecule has 0 bridgehead atoms. The molecule has 1 aromatic heterocycles. The van der Waals surface area contributed by atoms with Crippen LogP contribution in [0.4, 0.5) is 0 Å². The first-order valence-corrected chi connectivity index (χ1v) is 7.58. The van der Waals surface area contributed by atoms with E-state index in [4.69, 9.17) is 0 Å². The maximum Gasteiger partial charge on any atom is 0.242 e. The fourth-order valence-electron chi connectivity index (χ4n) is 3.09. The van der Waals surface area contributed by atoms with Gasteiger partial charge in [0.2, 0.25) is 11.8 Å². The van der Waals surface area contributed by atoms with Crippen molar-refractivity contribution in [1.29, 1.82) is 0 Å². The van der Waals surface area contributed by atoms with Crippen LogP contribution in [0.15, 0.2) is 0 Å². The highest BCUT2D eigenvalue weighted by Crippen LogP contribution is 2.24. The standard InChI is InChI=1S/C14H21N5O2/c1-10-15-14(17-16-10)11-4-2-6-18(8-11)13(21)9-19-7-3-5-12(19)20/h11H,2-9H2,1H3,(H,15,16,17)/t11-/m0/s1. The van der Waals surface area contributed by atoms with E-state index in [1.54, 1.807) is 4.90 Å². The van der Waals surface area contributed by atoms with Crippen molar-refractivity contribution in [3.8, 4) is 0 Å². The minimum absolute atomic E-state index is 0.0437. The summed E-state index contributed by atoms with van der Waals surface area (Å²) in [4.78, 5) is 31.9. The van der Waals surface area contributed by atoms with E-state index in [2.05, 4.69) is 15.2 Å². The molecule has 0 aromatic carbocycles. The molecule has 2 aliphatic rings. The highest BCUT2D eigenvalue weighted by molar-refractivity contribution is 5.86. The molecule has 21 heavy (non-hydrogen) atoms. The number of nitrogens with one attached hydrogen (secondary N) is 1. The smallest absolute Gasteiger partial charge is 0.242 e. The number of rotatable bonds is 3. The minimum Gasteiger partial charge on any atom is -0.340 e. The zero-order chi connectivity index (χ0) is 14.8. The Morgan fingerprint density at radius 3 is 2.90 bits per heavy atom. The molecule has 1 atom stereocenters. The average Bonchev–Trinajstić information content (AvgIpc) is 3.08. The fourth-order valence-corrected chi connectivity index (χ4v) is 3.09. The van der Waals surface area contributed by atoms with E-state index in [0.29, 0.717) is 19.5 Å². The largest absolute Gasteiger partial charge is 0.340 e. The Morgan fingerprint density at radius 2 is 2.24 bits per heavy atom. The summed E-state index contributed by atoms with van der Waals surface area (Å²) in [6, 6.07) is 0. The van der Waals surface area contributed by atoms with Gasteiger partial charge in [-0.15, -0.1) is 0 Å². The minimum atomic E-state index is 0.0437. The van der Waals surface area contributed by atoms with Crippen LogP contribution in [0.5, 0.6) is 0 Å². The molecule has 7 heteroatoms. The van der Waals surface area contributed by atoms with Crippen LogP contribution in [0.25, 0.3) is 0 Å². The normalized spacial score (nSPS) is 22.9. The number of aromatic nitrogens is 3. The van der Waals surface area contributed by atoms with Crippen molar-refractivity contribution < 1.29 is 9.59 Å². The predicted octanol–water partition coefficient (Wildman–Crippen LogP) is 0.442. The number of nitrogens with zero attached hydrogens (tertiary/aromatic N) is 4. The van der Waals surface area contributed by atoms with E-state index in [1.807, 2.05) is 11.8 Å². The molecule has 2 aliphatic heterocycles. The van der Waals surface area contributed by atoms with Gasteiger partial charge in [0.25, 0.3) is 0 Å². The van der Waals surface area contributed by atoms with Crippen molar-refractivity contribution in [1.82, 2.24) is 25.0 Å². The van der Waals surface area contributed by atoms with Crippen LogP contribution >= 0.6 is 0 Å². The van der Waals surface area contributed by atoms with E-state index < -0.39 is 0 Å². The van der Waals surface area contributed by atoms with Crippen LogP contribution in [0, 0.1) is 6.92 Å². The van der Waals surface area contributed by atoms with Crippen molar-refractivity contribution in [2.75, 3.05) is 26.2 Å². The summed E-state index contributed by atoms with van der Waals surface area (Å²) >= 11 is 0. The fraction of sp³-hybridized carbons (Fsp3) is 0.714. The number of piperidine rings is 1. The summed E-state index contributed by atoms with van der Waals surface area (Å²) in [5.74, 6) is 1.93. The van der Waals surface area contributed by atoms with Crippen LogP contribution in [0.2, 0.25) is 0 Å². The average molecular weight is 291 g/mol. The van der Waals surface area contributed by atoms with Crippen molar-refractivity contribution in [3.05, 3.63) is 11.6 Å². The molecule has 3 heterocycles. The summed E-state index contributed by atoms with van der Waals surface area (Å²) < 4.78 is 0. The second-order valence-electron chi connectivity index (χ2n) is 5.88. The van der Waals surface area contributed by atoms with E-state index in [9.17, 15) is 9.59 Å². The lowest BCUT2D eigenvalue weighted by atomic mass is 9.97. The Labute approximate surface area is 123 Å². The molecule has 0 aliphatic carbocycles. The molecule has 2 fully saturated rings. The van der Waals surface area contributed by atoms with Gasteiger partial charge in [0.1, 0.15) is 5.82 Å². The first kappa shape index (κ1) is 14.0. The maximum absolute atomic E-state index is 12.4. The monoisotopic (exact) mass is 291 g/mol. The first-order valence-electron chi connectivity index (χ1n) is 7.58.